The van der Waals surface area contributed by atoms with E-state index in [2.05, 4.69) is 22.5 Å². The topological polar surface area (TPSA) is 54.0 Å². The Hall–Kier alpha value is -2.20. The van der Waals surface area contributed by atoms with E-state index in [1.807, 2.05) is 43.3 Å². The second-order valence-corrected chi connectivity index (χ2v) is 4.94. The van der Waals surface area contributed by atoms with E-state index in [-0.39, 0.29) is 12.5 Å². The number of hydrogen-bond donors (Lipinski definition) is 2. The summed E-state index contributed by atoms with van der Waals surface area (Å²) in [6.45, 7) is 4.95. The first kappa shape index (κ1) is 15.2. The molecule has 0 saturated carbocycles. The van der Waals surface area contributed by atoms with Crippen LogP contribution in [0.5, 0.6) is 0 Å². The molecule has 0 aliphatic carbocycles. The predicted molar refractivity (Wildman–Crippen MR) is 85.1 cm³/mol. The molecule has 1 amide bonds. The summed E-state index contributed by atoms with van der Waals surface area (Å²) >= 11 is 0. The Morgan fingerprint density at radius 2 is 2.05 bits per heavy atom. The minimum Gasteiger partial charge on any atom is -0.324 e. The molecule has 0 saturated heterocycles. The molecule has 2 rings (SSSR count). The lowest BCUT2D eigenvalue weighted by molar-refractivity contribution is -0.115. The zero-order chi connectivity index (χ0) is 15.1. The molecule has 0 radical (unpaired) electrons. The Kier molecular flexibility index (Phi) is 5.46. The number of pyridine rings is 1. The molecule has 0 bridgehead atoms. The number of para-hydroxylation sites is 1. The number of hydrogen-bond acceptors (Lipinski definition) is 3. The molecule has 0 atom stereocenters. The molecule has 1 aromatic carbocycles. The minimum atomic E-state index is -0.0325. The molecule has 1 aromatic heterocycles. The smallest absolute Gasteiger partial charge is 0.238 e. The second-order valence-electron chi connectivity index (χ2n) is 4.94. The summed E-state index contributed by atoms with van der Waals surface area (Å²) in [4.78, 5) is 16.2. The first-order chi connectivity index (χ1) is 10.2. The fourth-order valence-corrected chi connectivity index (χ4v) is 2.19. The lowest BCUT2D eigenvalue weighted by Gasteiger charge is -2.13. The van der Waals surface area contributed by atoms with Crippen LogP contribution in [0, 0.1) is 6.92 Å². The van der Waals surface area contributed by atoms with E-state index in [0.717, 1.165) is 28.9 Å². The van der Waals surface area contributed by atoms with E-state index in [1.54, 1.807) is 6.20 Å². The Balaban J connectivity index is 1.88. The molecule has 4 heteroatoms. The average Bonchev–Trinajstić information content (AvgIpc) is 2.50. The van der Waals surface area contributed by atoms with E-state index < -0.39 is 0 Å². The number of nitrogens with zero attached hydrogens (tertiary/aromatic N) is 1. The molecule has 0 fully saturated rings. The van der Waals surface area contributed by atoms with E-state index in [0.29, 0.717) is 6.54 Å². The van der Waals surface area contributed by atoms with Crippen LogP contribution in [-0.2, 0) is 17.8 Å². The predicted octanol–water partition coefficient (Wildman–Crippen LogP) is 2.68. The van der Waals surface area contributed by atoms with Crippen molar-refractivity contribution in [1.29, 1.82) is 0 Å². The van der Waals surface area contributed by atoms with Crippen LogP contribution in [0.15, 0.2) is 42.6 Å². The van der Waals surface area contributed by atoms with Gasteiger partial charge in [-0.15, -0.1) is 0 Å². The van der Waals surface area contributed by atoms with Gasteiger partial charge in [0.05, 0.1) is 12.2 Å². The number of amides is 1. The number of aromatic nitrogens is 1. The maximum Gasteiger partial charge on any atom is 0.238 e. The fourth-order valence-electron chi connectivity index (χ4n) is 2.19. The van der Waals surface area contributed by atoms with Crippen LogP contribution in [0.2, 0.25) is 0 Å². The monoisotopic (exact) mass is 283 g/mol. The third-order valence-corrected chi connectivity index (χ3v) is 3.32. The van der Waals surface area contributed by atoms with Crippen LogP contribution >= 0.6 is 0 Å². The van der Waals surface area contributed by atoms with Crippen molar-refractivity contribution < 1.29 is 4.79 Å². The van der Waals surface area contributed by atoms with Gasteiger partial charge in [-0.2, -0.15) is 0 Å². The summed E-state index contributed by atoms with van der Waals surface area (Å²) in [5.41, 5.74) is 4.11. The van der Waals surface area contributed by atoms with Gasteiger partial charge in [-0.1, -0.05) is 31.2 Å². The summed E-state index contributed by atoms with van der Waals surface area (Å²) in [5, 5.41) is 6.10. The van der Waals surface area contributed by atoms with Crippen LogP contribution in [0.25, 0.3) is 0 Å². The summed E-state index contributed by atoms with van der Waals surface area (Å²) in [7, 11) is 0. The summed E-state index contributed by atoms with van der Waals surface area (Å²) in [6, 6.07) is 11.8. The highest BCUT2D eigenvalue weighted by atomic mass is 16.1. The second kappa shape index (κ2) is 7.55. The number of anilines is 1. The zero-order valence-electron chi connectivity index (χ0n) is 12.5. The molecule has 0 unspecified atom stereocenters. The normalized spacial score (nSPS) is 10.4. The van der Waals surface area contributed by atoms with Gasteiger partial charge in [0.15, 0.2) is 0 Å². The van der Waals surface area contributed by atoms with E-state index in [9.17, 15) is 4.79 Å². The quantitative estimate of drug-likeness (QED) is 0.857. The third-order valence-electron chi connectivity index (χ3n) is 3.32. The van der Waals surface area contributed by atoms with Crippen molar-refractivity contribution in [3.05, 3.63) is 59.4 Å². The van der Waals surface area contributed by atoms with E-state index in [4.69, 9.17) is 0 Å². The van der Waals surface area contributed by atoms with Crippen molar-refractivity contribution >= 4 is 11.6 Å². The minimum absolute atomic E-state index is 0.0325. The van der Waals surface area contributed by atoms with Gasteiger partial charge in [0, 0.05) is 18.4 Å². The summed E-state index contributed by atoms with van der Waals surface area (Å²) in [6.07, 6.45) is 2.65. The molecule has 0 aliphatic heterocycles. The number of benzene rings is 1. The Bertz CT molecular complexity index is 596. The van der Waals surface area contributed by atoms with Crippen molar-refractivity contribution in [2.45, 2.75) is 26.8 Å². The summed E-state index contributed by atoms with van der Waals surface area (Å²) < 4.78 is 0. The zero-order valence-corrected chi connectivity index (χ0v) is 12.5. The molecule has 0 aliphatic rings. The maximum atomic E-state index is 12.0. The van der Waals surface area contributed by atoms with Gasteiger partial charge >= 0.3 is 0 Å². The van der Waals surface area contributed by atoms with Gasteiger partial charge in [-0.25, -0.2) is 0 Å². The number of aryl methyl sites for hydroxylation is 2. The number of carbonyl (C=O) groups is 1. The lowest BCUT2D eigenvalue weighted by Crippen LogP contribution is -2.28. The van der Waals surface area contributed by atoms with Crippen LogP contribution in [0.3, 0.4) is 0 Å². The third kappa shape index (κ3) is 4.39. The van der Waals surface area contributed by atoms with E-state index in [1.165, 1.54) is 0 Å². The highest BCUT2D eigenvalue weighted by Crippen LogP contribution is 2.20. The van der Waals surface area contributed by atoms with Crippen LogP contribution in [0.1, 0.15) is 23.7 Å². The van der Waals surface area contributed by atoms with Gasteiger partial charge in [0.1, 0.15) is 0 Å². The van der Waals surface area contributed by atoms with Gasteiger partial charge < -0.3 is 10.6 Å². The lowest BCUT2D eigenvalue weighted by atomic mass is 10.1. The largest absolute Gasteiger partial charge is 0.324 e. The Morgan fingerprint density at radius 3 is 2.76 bits per heavy atom. The first-order valence-electron chi connectivity index (χ1n) is 7.19. The van der Waals surface area contributed by atoms with Crippen molar-refractivity contribution in [3.8, 4) is 0 Å². The standard InChI is InChI=1S/C17H21N3O/c1-3-14-8-6-7-13(2)17(14)20-16(21)12-18-11-15-9-4-5-10-19-15/h4-10,18H,3,11-12H2,1-2H3,(H,20,21). The molecule has 4 nitrogen and oxygen atoms in total. The van der Waals surface area contributed by atoms with Crippen LogP contribution < -0.4 is 10.6 Å². The fraction of sp³-hybridized carbons (Fsp3) is 0.294. The van der Waals surface area contributed by atoms with Crippen molar-refractivity contribution in [2.75, 3.05) is 11.9 Å². The van der Waals surface area contributed by atoms with Crippen molar-refractivity contribution in [3.63, 3.8) is 0 Å². The molecule has 21 heavy (non-hydrogen) atoms. The van der Waals surface area contributed by atoms with Crippen molar-refractivity contribution in [2.24, 2.45) is 0 Å². The molecule has 2 N–H and O–H groups in total. The van der Waals surface area contributed by atoms with Gasteiger partial charge in [-0.05, 0) is 36.6 Å². The van der Waals surface area contributed by atoms with Gasteiger partial charge in [0.2, 0.25) is 5.91 Å². The number of rotatable bonds is 6. The average molecular weight is 283 g/mol. The highest BCUT2D eigenvalue weighted by Gasteiger charge is 2.08. The van der Waals surface area contributed by atoms with Gasteiger partial charge in [0.25, 0.3) is 0 Å². The molecule has 1 heterocycles. The summed E-state index contributed by atoms with van der Waals surface area (Å²) in [5.74, 6) is -0.0325. The first-order valence-corrected chi connectivity index (χ1v) is 7.19. The van der Waals surface area contributed by atoms with Crippen LogP contribution in [0.4, 0.5) is 5.69 Å². The van der Waals surface area contributed by atoms with Gasteiger partial charge in [-0.3, -0.25) is 9.78 Å². The molecular weight excluding hydrogens is 262 g/mol. The van der Waals surface area contributed by atoms with Crippen LogP contribution in [-0.4, -0.2) is 17.4 Å². The molecule has 110 valence electrons. The molecule has 2 aromatic rings. The highest BCUT2D eigenvalue weighted by molar-refractivity contribution is 5.93. The Labute approximate surface area is 125 Å². The number of nitrogens with one attached hydrogen (secondary N) is 2. The SMILES string of the molecule is CCc1cccc(C)c1NC(=O)CNCc1ccccn1. The van der Waals surface area contributed by atoms with Crippen molar-refractivity contribution in [1.82, 2.24) is 10.3 Å². The molecular formula is C17H21N3O. The maximum absolute atomic E-state index is 12.0. The van der Waals surface area contributed by atoms with E-state index >= 15 is 0 Å². The number of carbonyl (C=O) groups excluding carboxylic acids is 1. The molecule has 0 spiro atoms. The Morgan fingerprint density at radius 1 is 1.19 bits per heavy atom.